The highest BCUT2D eigenvalue weighted by atomic mass is 35.5. The predicted octanol–water partition coefficient (Wildman–Crippen LogP) is 2.86. The molecule has 2 aromatic carbocycles. The van der Waals surface area contributed by atoms with Gasteiger partial charge in [-0.3, -0.25) is 10.1 Å². The number of carbonyl (C=O) groups excluding carboxylic acids is 1. The van der Waals surface area contributed by atoms with Crippen LogP contribution in [0.4, 0.5) is 5.69 Å². The van der Waals surface area contributed by atoms with Crippen LogP contribution < -0.4 is 0 Å². The van der Waals surface area contributed by atoms with Crippen LogP contribution in [0.5, 0.6) is 0 Å². The lowest BCUT2D eigenvalue weighted by Crippen LogP contribution is -2.22. The third-order valence-electron chi connectivity index (χ3n) is 3.43. The van der Waals surface area contributed by atoms with Crippen LogP contribution in [-0.4, -0.2) is 37.7 Å². The van der Waals surface area contributed by atoms with Crippen LogP contribution in [0.1, 0.15) is 15.9 Å². The Morgan fingerprint density at radius 1 is 1.23 bits per heavy atom. The minimum Gasteiger partial charge on any atom is -0.457 e. The van der Waals surface area contributed by atoms with Gasteiger partial charge in [0.15, 0.2) is 0 Å². The number of nitro benzene ring substituents is 1. The fourth-order valence-corrected chi connectivity index (χ4v) is 3.14. The molecule has 0 unspecified atom stereocenters. The van der Waals surface area contributed by atoms with Gasteiger partial charge in [0.05, 0.1) is 20.4 Å². The van der Waals surface area contributed by atoms with E-state index in [9.17, 15) is 23.3 Å². The van der Waals surface area contributed by atoms with Crippen molar-refractivity contribution in [2.45, 2.75) is 11.5 Å². The van der Waals surface area contributed by atoms with Crippen molar-refractivity contribution < 1.29 is 22.9 Å². The van der Waals surface area contributed by atoms with Crippen molar-refractivity contribution in [3.8, 4) is 0 Å². The molecule has 2 rings (SSSR count). The van der Waals surface area contributed by atoms with Gasteiger partial charge in [0, 0.05) is 26.2 Å². The zero-order valence-corrected chi connectivity index (χ0v) is 15.5. The average molecular weight is 399 g/mol. The van der Waals surface area contributed by atoms with Crippen LogP contribution in [0.25, 0.3) is 0 Å². The van der Waals surface area contributed by atoms with Gasteiger partial charge in [-0.2, -0.15) is 0 Å². The van der Waals surface area contributed by atoms with E-state index in [1.165, 1.54) is 44.4 Å². The summed E-state index contributed by atoms with van der Waals surface area (Å²) in [6.45, 7) is -0.221. The minimum absolute atomic E-state index is 0.0340. The molecule has 0 amide bonds. The predicted molar refractivity (Wildman–Crippen MR) is 94.5 cm³/mol. The van der Waals surface area contributed by atoms with Crippen LogP contribution in [0.3, 0.4) is 0 Å². The quantitative estimate of drug-likeness (QED) is 0.420. The molecule has 0 heterocycles. The lowest BCUT2D eigenvalue weighted by molar-refractivity contribution is -0.384. The lowest BCUT2D eigenvalue weighted by Gasteiger charge is -2.13. The largest absolute Gasteiger partial charge is 0.457 e. The first-order chi connectivity index (χ1) is 12.1. The highest BCUT2D eigenvalue weighted by Gasteiger charge is 2.21. The first-order valence-corrected chi connectivity index (χ1v) is 9.07. The molecule has 0 aliphatic heterocycles. The summed E-state index contributed by atoms with van der Waals surface area (Å²) in [5.74, 6) is -0.836. The van der Waals surface area contributed by atoms with Gasteiger partial charge in [0.1, 0.15) is 6.61 Å². The molecular weight excluding hydrogens is 384 g/mol. The number of non-ortho nitro benzene ring substituents is 1. The number of sulfonamides is 1. The SMILES string of the molecule is CN(C)S(=O)(=O)c1ccc(Cl)c(C(=O)OCc2cccc([N+](=O)[O-])c2)c1. The molecule has 0 atom stereocenters. The molecule has 10 heteroatoms. The van der Waals surface area contributed by atoms with E-state index in [1.54, 1.807) is 6.07 Å². The molecular formula is C16H15ClN2O6S. The summed E-state index contributed by atoms with van der Waals surface area (Å²) in [7, 11) is -1.01. The minimum atomic E-state index is -3.74. The standard InChI is InChI=1S/C16H15ClN2O6S/c1-18(2)26(23,24)13-6-7-15(17)14(9-13)16(20)25-10-11-4-3-5-12(8-11)19(21)22/h3-9H,10H2,1-2H3. The number of rotatable bonds is 6. The van der Waals surface area contributed by atoms with Crippen molar-refractivity contribution in [1.82, 2.24) is 4.31 Å². The fraction of sp³-hybridized carbons (Fsp3) is 0.188. The van der Waals surface area contributed by atoms with E-state index >= 15 is 0 Å². The highest BCUT2D eigenvalue weighted by molar-refractivity contribution is 7.89. The summed E-state index contributed by atoms with van der Waals surface area (Å²) < 4.78 is 30.4. The van der Waals surface area contributed by atoms with Gasteiger partial charge < -0.3 is 4.74 Å². The number of halogens is 1. The summed E-state index contributed by atoms with van der Waals surface area (Å²) in [5.41, 5.74) is 0.177. The topological polar surface area (TPSA) is 107 Å². The van der Waals surface area contributed by atoms with Crippen molar-refractivity contribution >= 4 is 33.3 Å². The molecule has 0 aliphatic carbocycles. The summed E-state index contributed by atoms with van der Waals surface area (Å²) in [5, 5.41) is 10.8. The first kappa shape index (κ1) is 19.8. The Bertz CT molecular complexity index is 959. The van der Waals surface area contributed by atoms with Gasteiger partial charge in [0.25, 0.3) is 5.69 Å². The number of hydrogen-bond acceptors (Lipinski definition) is 6. The van der Waals surface area contributed by atoms with E-state index in [4.69, 9.17) is 16.3 Å². The fourth-order valence-electron chi connectivity index (χ4n) is 2.02. The zero-order valence-electron chi connectivity index (χ0n) is 13.9. The molecule has 0 spiro atoms. The van der Waals surface area contributed by atoms with Crippen molar-refractivity contribution in [3.63, 3.8) is 0 Å². The molecule has 138 valence electrons. The Hall–Kier alpha value is -2.49. The van der Waals surface area contributed by atoms with E-state index in [1.807, 2.05) is 0 Å². The zero-order chi connectivity index (χ0) is 19.5. The van der Waals surface area contributed by atoms with E-state index < -0.39 is 20.9 Å². The van der Waals surface area contributed by atoms with Crippen LogP contribution in [0.15, 0.2) is 47.4 Å². The third kappa shape index (κ3) is 4.37. The third-order valence-corrected chi connectivity index (χ3v) is 5.57. The number of esters is 1. The Morgan fingerprint density at radius 2 is 1.92 bits per heavy atom. The Labute approximate surface area is 155 Å². The van der Waals surface area contributed by atoms with Gasteiger partial charge in [0.2, 0.25) is 10.0 Å². The smallest absolute Gasteiger partial charge is 0.340 e. The van der Waals surface area contributed by atoms with Crippen molar-refractivity contribution in [2.75, 3.05) is 14.1 Å². The Morgan fingerprint density at radius 3 is 2.54 bits per heavy atom. The van der Waals surface area contributed by atoms with Crippen molar-refractivity contribution in [1.29, 1.82) is 0 Å². The lowest BCUT2D eigenvalue weighted by atomic mass is 10.2. The van der Waals surface area contributed by atoms with E-state index in [2.05, 4.69) is 0 Å². The number of benzene rings is 2. The van der Waals surface area contributed by atoms with Gasteiger partial charge >= 0.3 is 5.97 Å². The van der Waals surface area contributed by atoms with E-state index in [-0.39, 0.29) is 27.8 Å². The first-order valence-electron chi connectivity index (χ1n) is 7.25. The highest BCUT2D eigenvalue weighted by Crippen LogP contribution is 2.23. The second-order valence-corrected chi connectivity index (χ2v) is 7.99. The normalized spacial score (nSPS) is 11.4. The van der Waals surface area contributed by atoms with Crippen LogP contribution in [0.2, 0.25) is 5.02 Å². The molecule has 0 aromatic heterocycles. The number of carbonyl (C=O) groups is 1. The molecule has 2 aromatic rings. The summed E-state index contributed by atoms with van der Waals surface area (Å²) in [4.78, 5) is 22.4. The maximum atomic E-state index is 12.3. The second kappa shape index (κ2) is 7.81. The number of hydrogen-bond donors (Lipinski definition) is 0. The Balaban J connectivity index is 2.22. The maximum absolute atomic E-state index is 12.3. The summed E-state index contributed by atoms with van der Waals surface area (Å²) in [6.07, 6.45) is 0. The molecule has 0 N–H and O–H groups in total. The second-order valence-electron chi connectivity index (χ2n) is 5.43. The molecule has 0 saturated carbocycles. The molecule has 0 aliphatic rings. The van der Waals surface area contributed by atoms with Crippen molar-refractivity contribution in [3.05, 3.63) is 68.7 Å². The van der Waals surface area contributed by atoms with Gasteiger partial charge in [-0.05, 0) is 23.8 Å². The summed E-state index contributed by atoms with van der Waals surface area (Å²) >= 11 is 5.97. The van der Waals surface area contributed by atoms with E-state index in [0.29, 0.717) is 5.56 Å². The van der Waals surface area contributed by atoms with Crippen LogP contribution in [0, 0.1) is 10.1 Å². The molecule has 0 fully saturated rings. The Kier molecular flexibility index (Phi) is 5.96. The molecule has 0 bridgehead atoms. The monoisotopic (exact) mass is 398 g/mol. The molecule has 26 heavy (non-hydrogen) atoms. The molecule has 0 radical (unpaired) electrons. The average Bonchev–Trinajstić information content (AvgIpc) is 2.60. The van der Waals surface area contributed by atoms with Crippen molar-refractivity contribution in [2.24, 2.45) is 0 Å². The van der Waals surface area contributed by atoms with Crippen LogP contribution in [-0.2, 0) is 21.4 Å². The number of nitro groups is 1. The van der Waals surface area contributed by atoms with Gasteiger partial charge in [-0.15, -0.1) is 0 Å². The molecule has 8 nitrogen and oxygen atoms in total. The van der Waals surface area contributed by atoms with E-state index in [0.717, 1.165) is 10.4 Å². The maximum Gasteiger partial charge on any atom is 0.340 e. The van der Waals surface area contributed by atoms with Gasteiger partial charge in [-0.25, -0.2) is 17.5 Å². The number of nitrogens with zero attached hydrogens (tertiary/aromatic N) is 2. The molecule has 0 saturated heterocycles. The summed E-state index contributed by atoms with van der Waals surface area (Å²) in [6, 6.07) is 9.34. The van der Waals surface area contributed by atoms with Crippen LogP contribution >= 0.6 is 11.6 Å². The number of ether oxygens (including phenoxy) is 1. The van der Waals surface area contributed by atoms with Gasteiger partial charge in [-0.1, -0.05) is 23.7 Å².